The highest BCUT2D eigenvalue weighted by atomic mass is 16.5. The van der Waals surface area contributed by atoms with Crippen molar-refractivity contribution in [3.63, 3.8) is 0 Å². The van der Waals surface area contributed by atoms with Gasteiger partial charge in [-0.25, -0.2) is 0 Å². The predicted molar refractivity (Wildman–Crippen MR) is 106 cm³/mol. The Morgan fingerprint density at radius 3 is 2.41 bits per heavy atom. The van der Waals surface area contributed by atoms with Crippen LogP contribution in [0.4, 0.5) is 11.4 Å². The van der Waals surface area contributed by atoms with E-state index in [0.717, 1.165) is 22.5 Å². The number of amides is 2. The van der Waals surface area contributed by atoms with E-state index in [0.29, 0.717) is 31.9 Å². The van der Waals surface area contributed by atoms with Gasteiger partial charge in [-0.2, -0.15) is 0 Å². The maximum absolute atomic E-state index is 12.6. The lowest BCUT2D eigenvalue weighted by atomic mass is 10.1. The van der Waals surface area contributed by atoms with Crippen molar-refractivity contribution in [2.24, 2.45) is 0 Å². The summed E-state index contributed by atoms with van der Waals surface area (Å²) in [7, 11) is 0. The molecular weight excluding hydrogens is 342 g/mol. The fourth-order valence-electron chi connectivity index (χ4n) is 3.15. The van der Waals surface area contributed by atoms with Gasteiger partial charge in [-0.3, -0.25) is 9.59 Å². The smallest absolute Gasteiger partial charge is 0.254 e. The van der Waals surface area contributed by atoms with E-state index in [1.54, 1.807) is 17.0 Å². The molecule has 0 unspecified atom stereocenters. The molecule has 1 saturated heterocycles. The molecule has 0 aromatic heterocycles. The fourth-order valence-corrected chi connectivity index (χ4v) is 3.15. The molecule has 2 amide bonds. The van der Waals surface area contributed by atoms with Crippen LogP contribution in [0.2, 0.25) is 0 Å². The molecule has 1 aliphatic heterocycles. The molecule has 142 valence electrons. The van der Waals surface area contributed by atoms with Crippen LogP contribution in [0.15, 0.2) is 42.5 Å². The number of anilines is 2. The number of benzene rings is 2. The van der Waals surface area contributed by atoms with Crippen LogP contribution < -0.4 is 10.6 Å². The Balaban J connectivity index is 1.57. The monoisotopic (exact) mass is 367 g/mol. The maximum Gasteiger partial charge on any atom is 0.254 e. The molecule has 1 aliphatic rings. The molecule has 0 radical (unpaired) electrons. The van der Waals surface area contributed by atoms with Gasteiger partial charge in [-0.1, -0.05) is 12.1 Å². The largest absolute Gasteiger partial charge is 0.378 e. The summed E-state index contributed by atoms with van der Waals surface area (Å²) >= 11 is 0. The molecule has 27 heavy (non-hydrogen) atoms. The molecular formula is C21H25N3O3. The van der Waals surface area contributed by atoms with E-state index in [1.807, 2.05) is 38.1 Å². The van der Waals surface area contributed by atoms with Gasteiger partial charge in [-0.15, -0.1) is 0 Å². The van der Waals surface area contributed by atoms with Gasteiger partial charge in [0.15, 0.2) is 0 Å². The number of aryl methyl sites for hydroxylation is 2. The first-order chi connectivity index (χ1) is 13.0. The number of nitrogens with one attached hydrogen (secondary N) is 2. The number of carbonyl (C=O) groups excluding carboxylic acids is 2. The topological polar surface area (TPSA) is 70.7 Å². The molecule has 6 nitrogen and oxygen atoms in total. The Labute approximate surface area is 159 Å². The summed E-state index contributed by atoms with van der Waals surface area (Å²) in [4.78, 5) is 26.6. The van der Waals surface area contributed by atoms with Crippen molar-refractivity contribution in [1.29, 1.82) is 0 Å². The average molecular weight is 367 g/mol. The van der Waals surface area contributed by atoms with E-state index in [1.165, 1.54) is 0 Å². The lowest BCUT2D eigenvalue weighted by Gasteiger charge is -2.27. The summed E-state index contributed by atoms with van der Waals surface area (Å²) in [5.74, 6) is -0.147. The minimum atomic E-state index is -0.134. The molecule has 0 atom stereocenters. The second-order valence-electron chi connectivity index (χ2n) is 6.76. The zero-order chi connectivity index (χ0) is 19.2. The van der Waals surface area contributed by atoms with E-state index in [-0.39, 0.29) is 18.4 Å². The zero-order valence-corrected chi connectivity index (χ0v) is 15.7. The van der Waals surface area contributed by atoms with Crippen LogP contribution in [0.3, 0.4) is 0 Å². The van der Waals surface area contributed by atoms with Crippen LogP contribution in [0.25, 0.3) is 0 Å². The van der Waals surface area contributed by atoms with Gasteiger partial charge in [0.05, 0.1) is 19.8 Å². The second kappa shape index (κ2) is 8.68. The van der Waals surface area contributed by atoms with Crippen LogP contribution in [-0.2, 0) is 9.53 Å². The number of rotatable bonds is 5. The van der Waals surface area contributed by atoms with Crippen LogP contribution in [-0.4, -0.2) is 49.6 Å². The Bertz CT molecular complexity index is 809. The van der Waals surface area contributed by atoms with Crippen molar-refractivity contribution in [2.45, 2.75) is 13.8 Å². The molecule has 6 heteroatoms. The average Bonchev–Trinajstić information content (AvgIpc) is 2.66. The normalized spacial score (nSPS) is 13.9. The molecule has 0 aliphatic carbocycles. The number of nitrogens with zero attached hydrogens (tertiary/aromatic N) is 1. The third kappa shape index (κ3) is 5.31. The first kappa shape index (κ1) is 18.9. The Hall–Kier alpha value is -2.86. The second-order valence-corrected chi connectivity index (χ2v) is 6.76. The van der Waals surface area contributed by atoms with Crippen molar-refractivity contribution in [3.05, 3.63) is 59.2 Å². The first-order valence-corrected chi connectivity index (χ1v) is 9.10. The van der Waals surface area contributed by atoms with Crippen molar-refractivity contribution in [1.82, 2.24) is 4.90 Å². The van der Waals surface area contributed by atoms with Gasteiger partial charge in [0.2, 0.25) is 5.91 Å². The quantitative estimate of drug-likeness (QED) is 0.853. The molecule has 2 aromatic rings. The minimum absolute atomic E-state index is 0.0124. The van der Waals surface area contributed by atoms with Gasteiger partial charge in [0, 0.05) is 30.0 Å². The van der Waals surface area contributed by atoms with Crippen molar-refractivity contribution >= 4 is 23.2 Å². The van der Waals surface area contributed by atoms with Gasteiger partial charge < -0.3 is 20.3 Å². The molecule has 0 bridgehead atoms. The highest BCUT2D eigenvalue weighted by molar-refractivity contribution is 5.96. The van der Waals surface area contributed by atoms with Gasteiger partial charge in [0.25, 0.3) is 5.91 Å². The zero-order valence-electron chi connectivity index (χ0n) is 15.7. The SMILES string of the molecule is Cc1cc(C)cc(NC(=O)CNc2cccc(C(=O)N3CCOCC3)c2)c1. The summed E-state index contributed by atoms with van der Waals surface area (Å²) in [5, 5.41) is 5.98. The number of hydrogen-bond acceptors (Lipinski definition) is 4. The number of hydrogen-bond donors (Lipinski definition) is 2. The molecule has 1 heterocycles. The van der Waals surface area contributed by atoms with Crippen LogP contribution in [0.1, 0.15) is 21.5 Å². The van der Waals surface area contributed by atoms with Crippen molar-refractivity contribution in [3.8, 4) is 0 Å². The molecule has 0 spiro atoms. The Morgan fingerprint density at radius 1 is 1.00 bits per heavy atom. The lowest BCUT2D eigenvalue weighted by Crippen LogP contribution is -2.40. The van der Waals surface area contributed by atoms with Crippen molar-refractivity contribution in [2.75, 3.05) is 43.5 Å². The van der Waals surface area contributed by atoms with Crippen molar-refractivity contribution < 1.29 is 14.3 Å². The third-order valence-corrected chi connectivity index (χ3v) is 4.37. The highest BCUT2D eigenvalue weighted by Gasteiger charge is 2.18. The Morgan fingerprint density at radius 2 is 1.70 bits per heavy atom. The van der Waals surface area contributed by atoms with Gasteiger partial charge in [0.1, 0.15) is 0 Å². The van der Waals surface area contributed by atoms with Gasteiger partial charge >= 0.3 is 0 Å². The van der Waals surface area contributed by atoms with E-state index in [4.69, 9.17) is 4.74 Å². The van der Waals surface area contributed by atoms with Crippen LogP contribution in [0.5, 0.6) is 0 Å². The van der Waals surface area contributed by atoms with Crippen LogP contribution >= 0.6 is 0 Å². The van der Waals surface area contributed by atoms with E-state index >= 15 is 0 Å². The minimum Gasteiger partial charge on any atom is -0.378 e. The summed E-state index contributed by atoms with van der Waals surface area (Å²) in [5.41, 5.74) is 4.34. The van der Waals surface area contributed by atoms with Crippen LogP contribution in [0, 0.1) is 13.8 Å². The summed E-state index contributed by atoms with van der Waals surface area (Å²) in [6.07, 6.45) is 0. The lowest BCUT2D eigenvalue weighted by molar-refractivity contribution is -0.114. The standard InChI is InChI=1S/C21H25N3O3/c1-15-10-16(2)12-19(11-15)23-20(25)14-22-18-5-3-4-17(13-18)21(26)24-6-8-27-9-7-24/h3-5,10-13,22H,6-9,14H2,1-2H3,(H,23,25). The van der Waals surface area contributed by atoms with Gasteiger partial charge in [-0.05, 0) is 55.3 Å². The summed E-state index contributed by atoms with van der Waals surface area (Å²) < 4.78 is 5.29. The third-order valence-electron chi connectivity index (χ3n) is 4.37. The number of carbonyl (C=O) groups is 2. The fraction of sp³-hybridized carbons (Fsp3) is 0.333. The van der Waals surface area contributed by atoms with E-state index in [2.05, 4.69) is 16.7 Å². The molecule has 0 saturated carbocycles. The number of ether oxygens (including phenoxy) is 1. The predicted octanol–water partition coefficient (Wildman–Crippen LogP) is 2.83. The highest BCUT2D eigenvalue weighted by Crippen LogP contribution is 2.15. The first-order valence-electron chi connectivity index (χ1n) is 9.10. The Kier molecular flexibility index (Phi) is 6.08. The summed E-state index contributed by atoms with van der Waals surface area (Å²) in [6, 6.07) is 13.2. The molecule has 3 rings (SSSR count). The molecule has 2 N–H and O–H groups in total. The van der Waals surface area contributed by atoms with E-state index < -0.39 is 0 Å². The number of morpholine rings is 1. The summed E-state index contributed by atoms with van der Waals surface area (Å²) in [6.45, 7) is 6.48. The maximum atomic E-state index is 12.6. The molecule has 1 fully saturated rings. The molecule has 2 aromatic carbocycles. The van der Waals surface area contributed by atoms with E-state index in [9.17, 15) is 9.59 Å².